The van der Waals surface area contributed by atoms with Crippen molar-refractivity contribution in [2.75, 3.05) is 31.6 Å². The van der Waals surface area contributed by atoms with Gasteiger partial charge in [-0.3, -0.25) is 4.99 Å². The molecule has 0 atom stereocenters. The first-order valence-corrected chi connectivity index (χ1v) is 9.54. The molecule has 0 bridgehead atoms. The zero-order chi connectivity index (χ0) is 18.2. The van der Waals surface area contributed by atoms with Crippen LogP contribution in [0.1, 0.15) is 28.1 Å². The molecular formula is C19H29N5S. The lowest BCUT2D eigenvalue weighted by molar-refractivity contribution is 0.747. The summed E-state index contributed by atoms with van der Waals surface area (Å²) in [4.78, 5) is 12.5. The van der Waals surface area contributed by atoms with E-state index in [1.807, 2.05) is 6.92 Å². The number of thiazole rings is 1. The average molecular weight is 360 g/mol. The summed E-state index contributed by atoms with van der Waals surface area (Å²) in [6, 6.07) is 8.51. The summed E-state index contributed by atoms with van der Waals surface area (Å²) in [6.07, 6.45) is 0. The van der Waals surface area contributed by atoms with Crippen molar-refractivity contribution in [2.24, 2.45) is 4.99 Å². The molecule has 1 heterocycles. The van der Waals surface area contributed by atoms with Crippen LogP contribution in [0.3, 0.4) is 0 Å². The summed E-state index contributed by atoms with van der Waals surface area (Å²) < 4.78 is 0. The molecular weight excluding hydrogens is 330 g/mol. The Bertz CT molecular complexity index is 688. The molecule has 2 aromatic rings. The quantitative estimate of drug-likeness (QED) is 0.588. The fourth-order valence-electron chi connectivity index (χ4n) is 2.67. The van der Waals surface area contributed by atoms with E-state index in [2.05, 4.69) is 70.5 Å². The highest BCUT2D eigenvalue weighted by Gasteiger charge is 2.08. The summed E-state index contributed by atoms with van der Waals surface area (Å²) >= 11 is 1.73. The van der Waals surface area contributed by atoms with E-state index in [1.165, 1.54) is 16.1 Å². The van der Waals surface area contributed by atoms with Crippen LogP contribution in [0.4, 0.5) is 5.69 Å². The van der Waals surface area contributed by atoms with Crippen LogP contribution < -0.4 is 15.5 Å². The molecule has 0 amide bonds. The van der Waals surface area contributed by atoms with E-state index in [-0.39, 0.29) is 0 Å². The van der Waals surface area contributed by atoms with Crippen LogP contribution in [0.25, 0.3) is 0 Å². The van der Waals surface area contributed by atoms with E-state index < -0.39 is 0 Å². The van der Waals surface area contributed by atoms with Gasteiger partial charge in [0.05, 0.1) is 12.2 Å². The fraction of sp³-hybridized carbons (Fsp3) is 0.474. The number of guanidine groups is 1. The Kier molecular flexibility index (Phi) is 7.25. The molecule has 136 valence electrons. The lowest BCUT2D eigenvalue weighted by Gasteiger charge is -2.25. The summed E-state index contributed by atoms with van der Waals surface area (Å²) in [5.41, 5.74) is 3.71. The maximum atomic E-state index is 4.55. The van der Waals surface area contributed by atoms with Crippen LogP contribution in [-0.4, -0.2) is 37.6 Å². The maximum Gasteiger partial charge on any atom is 0.191 e. The molecule has 0 radical (unpaired) electrons. The molecule has 0 saturated heterocycles. The molecule has 1 aromatic heterocycles. The molecule has 2 rings (SSSR count). The fourth-order valence-corrected chi connectivity index (χ4v) is 3.54. The lowest BCUT2D eigenvalue weighted by atomic mass is 10.2. The number of nitrogens with zero attached hydrogens (tertiary/aromatic N) is 3. The highest BCUT2D eigenvalue weighted by Crippen LogP contribution is 2.18. The second-order valence-corrected chi connectivity index (χ2v) is 7.26. The van der Waals surface area contributed by atoms with Gasteiger partial charge in [0.2, 0.25) is 0 Å². The number of hydrogen-bond acceptors (Lipinski definition) is 4. The molecule has 0 spiro atoms. The minimum Gasteiger partial charge on any atom is -0.370 e. The zero-order valence-electron chi connectivity index (χ0n) is 15.9. The molecule has 0 aliphatic heterocycles. The first-order chi connectivity index (χ1) is 12.0. The first kappa shape index (κ1) is 19.2. The second-order valence-electron chi connectivity index (χ2n) is 5.97. The largest absolute Gasteiger partial charge is 0.370 e. The third kappa shape index (κ3) is 5.46. The van der Waals surface area contributed by atoms with Gasteiger partial charge in [0.15, 0.2) is 5.96 Å². The van der Waals surface area contributed by atoms with E-state index in [0.29, 0.717) is 6.54 Å². The SMILES string of the molecule is CCN(CCNC(=NC)NCc1nc(C)c(C)s1)c1ccccc1C. The monoisotopic (exact) mass is 359 g/mol. The molecule has 0 aliphatic rings. The number of rotatable bonds is 7. The van der Waals surface area contributed by atoms with Gasteiger partial charge in [-0.25, -0.2) is 4.98 Å². The Balaban J connectivity index is 1.83. The van der Waals surface area contributed by atoms with Crippen molar-refractivity contribution in [3.63, 3.8) is 0 Å². The summed E-state index contributed by atoms with van der Waals surface area (Å²) in [5, 5.41) is 7.82. The molecule has 0 unspecified atom stereocenters. The van der Waals surface area contributed by atoms with E-state index in [0.717, 1.165) is 36.3 Å². The number of likely N-dealkylation sites (N-methyl/N-ethyl adjacent to an activating group) is 1. The van der Waals surface area contributed by atoms with Crippen molar-refractivity contribution in [1.29, 1.82) is 0 Å². The Morgan fingerprint density at radius 1 is 1.20 bits per heavy atom. The van der Waals surface area contributed by atoms with E-state index in [1.54, 1.807) is 18.4 Å². The number of benzene rings is 1. The van der Waals surface area contributed by atoms with Gasteiger partial charge in [-0.15, -0.1) is 11.3 Å². The van der Waals surface area contributed by atoms with Gasteiger partial charge in [0.1, 0.15) is 5.01 Å². The van der Waals surface area contributed by atoms with E-state index in [9.17, 15) is 0 Å². The molecule has 0 saturated carbocycles. The molecule has 1 aromatic carbocycles. The number of aromatic nitrogens is 1. The molecule has 0 aliphatic carbocycles. The summed E-state index contributed by atoms with van der Waals surface area (Å²) in [7, 11) is 1.80. The van der Waals surface area contributed by atoms with Crippen molar-refractivity contribution in [2.45, 2.75) is 34.2 Å². The van der Waals surface area contributed by atoms with Gasteiger partial charge in [0, 0.05) is 37.2 Å². The van der Waals surface area contributed by atoms with Crippen LogP contribution in [0.5, 0.6) is 0 Å². The molecule has 2 N–H and O–H groups in total. The van der Waals surface area contributed by atoms with Gasteiger partial charge in [-0.1, -0.05) is 18.2 Å². The van der Waals surface area contributed by atoms with Crippen LogP contribution in [0.15, 0.2) is 29.3 Å². The molecule has 0 fully saturated rings. The number of aryl methyl sites for hydroxylation is 3. The lowest BCUT2D eigenvalue weighted by Crippen LogP contribution is -2.41. The topological polar surface area (TPSA) is 52.5 Å². The van der Waals surface area contributed by atoms with Crippen molar-refractivity contribution in [1.82, 2.24) is 15.6 Å². The summed E-state index contributed by atoms with van der Waals surface area (Å²) in [5.74, 6) is 0.811. The third-order valence-electron chi connectivity index (χ3n) is 4.22. The predicted molar refractivity (Wildman–Crippen MR) is 109 cm³/mol. The minimum absolute atomic E-state index is 0.703. The highest BCUT2D eigenvalue weighted by atomic mass is 32.1. The Morgan fingerprint density at radius 2 is 1.96 bits per heavy atom. The number of para-hydroxylation sites is 1. The normalized spacial score (nSPS) is 11.5. The summed E-state index contributed by atoms with van der Waals surface area (Å²) in [6.45, 7) is 11.9. The zero-order valence-corrected chi connectivity index (χ0v) is 16.7. The smallest absolute Gasteiger partial charge is 0.191 e. The Morgan fingerprint density at radius 3 is 2.56 bits per heavy atom. The highest BCUT2D eigenvalue weighted by molar-refractivity contribution is 7.11. The number of aliphatic imine (C=N–C) groups is 1. The minimum atomic E-state index is 0.703. The van der Waals surface area contributed by atoms with E-state index in [4.69, 9.17) is 0 Å². The van der Waals surface area contributed by atoms with Crippen LogP contribution >= 0.6 is 11.3 Å². The third-order valence-corrected chi connectivity index (χ3v) is 5.29. The van der Waals surface area contributed by atoms with Gasteiger partial charge < -0.3 is 15.5 Å². The van der Waals surface area contributed by atoms with Crippen molar-refractivity contribution >= 4 is 23.0 Å². The van der Waals surface area contributed by atoms with Crippen molar-refractivity contribution in [3.05, 3.63) is 45.4 Å². The van der Waals surface area contributed by atoms with Crippen molar-refractivity contribution in [3.8, 4) is 0 Å². The van der Waals surface area contributed by atoms with Crippen LogP contribution in [0.2, 0.25) is 0 Å². The van der Waals surface area contributed by atoms with Crippen molar-refractivity contribution < 1.29 is 0 Å². The second kappa shape index (κ2) is 9.42. The maximum absolute atomic E-state index is 4.55. The number of nitrogens with one attached hydrogen (secondary N) is 2. The van der Waals surface area contributed by atoms with Crippen LogP contribution in [0, 0.1) is 20.8 Å². The van der Waals surface area contributed by atoms with Gasteiger partial charge in [-0.05, 0) is 39.3 Å². The Hall–Kier alpha value is -2.08. The van der Waals surface area contributed by atoms with Crippen LogP contribution in [-0.2, 0) is 6.54 Å². The predicted octanol–water partition coefficient (Wildman–Crippen LogP) is 3.26. The standard InChI is InChI=1S/C19H29N5S/c1-6-24(17-10-8-7-9-14(17)2)12-11-21-19(20-5)22-13-18-23-15(3)16(4)25-18/h7-10H,6,11-13H2,1-5H3,(H2,20,21,22). The van der Waals surface area contributed by atoms with Gasteiger partial charge in [-0.2, -0.15) is 0 Å². The first-order valence-electron chi connectivity index (χ1n) is 8.73. The number of anilines is 1. The number of hydrogen-bond donors (Lipinski definition) is 2. The molecule has 25 heavy (non-hydrogen) atoms. The Labute approximate surface area is 155 Å². The van der Waals surface area contributed by atoms with Gasteiger partial charge >= 0.3 is 0 Å². The molecule has 5 nitrogen and oxygen atoms in total. The van der Waals surface area contributed by atoms with E-state index >= 15 is 0 Å². The molecule has 6 heteroatoms. The van der Waals surface area contributed by atoms with Gasteiger partial charge in [0.25, 0.3) is 0 Å². The average Bonchev–Trinajstić information content (AvgIpc) is 2.93.